The molecule has 0 unspecified atom stereocenters. The van der Waals surface area contributed by atoms with Crippen LogP contribution in [0.5, 0.6) is 0 Å². The van der Waals surface area contributed by atoms with Gasteiger partial charge in [-0.25, -0.2) is 0 Å². The summed E-state index contributed by atoms with van der Waals surface area (Å²) in [5.41, 5.74) is 16.3. The molecule has 0 radical (unpaired) electrons. The van der Waals surface area contributed by atoms with Gasteiger partial charge in [0.25, 0.3) is 0 Å². The van der Waals surface area contributed by atoms with Crippen molar-refractivity contribution >= 4 is 43.4 Å². The zero-order valence-corrected chi connectivity index (χ0v) is 30.3. The standard InChI is InChI=1S/C53H37N/c1-53(2)46-23-13-14-24-49(46)54-48-30-27-38(50-40-21-11-9-19-36(40)25-28-42(50)34-15-5-3-6-16-34)31-44(48)45-32-39(33-47(53)52(45)54)51-41-22-12-10-20-37(41)26-29-43(51)35-17-7-4-8-18-35/h3-33H,1-2H3. The van der Waals surface area contributed by atoms with Crippen molar-refractivity contribution in [2.45, 2.75) is 19.3 Å². The van der Waals surface area contributed by atoms with Crippen LogP contribution in [0.25, 0.3) is 93.5 Å². The van der Waals surface area contributed by atoms with E-state index in [1.165, 1.54) is 105 Å². The Morgan fingerprint density at radius 1 is 0.370 bits per heavy atom. The van der Waals surface area contributed by atoms with Crippen LogP contribution >= 0.6 is 0 Å². The fraction of sp³-hybridized carbons (Fsp3) is 0.0566. The molecule has 1 aliphatic rings. The number of hydrogen-bond acceptors (Lipinski definition) is 0. The minimum absolute atomic E-state index is 0.217. The molecule has 0 saturated carbocycles. The van der Waals surface area contributed by atoms with E-state index in [2.05, 4.69) is 206 Å². The average molecular weight is 688 g/mol. The summed E-state index contributed by atoms with van der Waals surface area (Å²) >= 11 is 0. The number of aromatic nitrogens is 1. The number of benzene rings is 9. The maximum absolute atomic E-state index is 2.54. The summed E-state index contributed by atoms with van der Waals surface area (Å²) in [5.74, 6) is 0. The molecule has 0 fully saturated rings. The van der Waals surface area contributed by atoms with Crippen LogP contribution in [-0.4, -0.2) is 4.57 Å². The van der Waals surface area contributed by atoms with Gasteiger partial charge in [0.2, 0.25) is 0 Å². The van der Waals surface area contributed by atoms with E-state index in [1.54, 1.807) is 0 Å². The van der Waals surface area contributed by atoms with E-state index in [9.17, 15) is 0 Å². The van der Waals surface area contributed by atoms with Crippen LogP contribution in [0.3, 0.4) is 0 Å². The summed E-state index contributed by atoms with van der Waals surface area (Å²) in [6.45, 7) is 4.81. The second-order valence-electron chi connectivity index (χ2n) is 15.3. The molecule has 54 heavy (non-hydrogen) atoms. The molecule has 0 saturated heterocycles. The van der Waals surface area contributed by atoms with Gasteiger partial charge in [-0.2, -0.15) is 0 Å². The molecule has 1 nitrogen and oxygen atoms in total. The predicted octanol–water partition coefficient (Wildman–Crippen LogP) is 14.4. The van der Waals surface area contributed by atoms with Crippen LogP contribution in [0.1, 0.15) is 25.0 Å². The molecule has 254 valence electrons. The SMILES string of the molecule is CC1(C)c2ccccc2-n2c3ccc(-c4c(-c5ccccc5)ccc5ccccc45)cc3c3cc(-c4c(-c5ccccc5)ccc5ccccc45)cc1c32. The lowest BCUT2D eigenvalue weighted by molar-refractivity contribution is 0.630. The fourth-order valence-electron chi connectivity index (χ4n) is 9.40. The van der Waals surface area contributed by atoms with Gasteiger partial charge in [-0.1, -0.05) is 172 Å². The van der Waals surface area contributed by atoms with Crippen molar-refractivity contribution in [2.75, 3.05) is 0 Å². The van der Waals surface area contributed by atoms with Crippen molar-refractivity contribution < 1.29 is 0 Å². The highest BCUT2D eigenvalue weighted by Gasteiger charge is 2.36. The summed E-state index contributed by atoms with van der Waals surface area (Å²) in [6.07, 6.45) is 0. The molecule has 11 rings (SSSR count). The van der Waals surface area contributed by atoms with Crippen LogP contribution in [0.4, 0.5) is 0 Å². The summed E-state index contributed by atoms with van der Waals surface area (Å²) < 4.78 is 2.54. The summed E-state index contributed by atoms with van der Waals surface area (Å²) in [7, 11) is 0. The molecule has 1 heteroatoms. The van der Waals surface area contributed by atoms with Crippen LogP contribution in [0, 0.1) is 0 Å². The van der Waals surface area contributed by atoms with Crippen molar-refractivity contribution in [1.82, 2.24) is 4.57 Å². The first-order valence-corrected chi connectivity index (χ1v) is 18.9. The average Bonchev–Trinajstić information content (AvgIpc) is 3.56. The van der Waals surface area contributed by atoms with Gasteiger partial charge in [-0.15, -0.1) is 0 Å². The van der Waals surface area contributed by atoms with E-state index in [1.807, 2.05) is 0 Å². The highest BCUT2D eigenvalue weighted by molar-refractivity contribution is 6.16. The molecular formula is C53H37N. The summed E-state index contributed by atoms with van der Waals surface area (Å²) in [6, 6.07) is 69.7. The van der Waals surface area contributed by atoms with E-state index >= 15 is 0 Å². The molecule has 1 aliphatic heterocycles. The monoisotopic (exact) mass is 687 g/mol. The van der Waals surface area contributed by atoms with Gasteiger partial charge in [0, 0.05) is 16.2 Å². The molecule has 0 amide bonds. The van der Waals surface area contributed by atoms with Gasteiger partial charge >= 0.3 is 0 Å². The predicted molar refractivity (Wildman–Crippen MR) is 230 cm³/mol. The highest BCUT2D eigenvalue weighted by atomic mass is 15.0. The Morgan fingerprint density at radius 3 is 1.56 bits per heavy atom. The van der Waals surface area contributed by atoms with Crippen LogP contribution in [0.15, 0.2) is 188 Å². The molecular weight excluding hydrogens is 651 g/mol. The Bertz CT molecular complexity index is 3110. The third-order valence-electron chi connectivity index (χ3n) is 12.0. The Kier molecular flexibility index (Phi) is 6.66. The quantitative estimate of drug-likeness (QED) is 0.174. The Balaban J connectivity index is 1.28. The first-order valence-electron chi connectivity index (χ1n) is 18.9. The van der Waals surface area contributed by atoms with E-state index in [4.69, 9.17) is 0 Å². The van der Waals surface area contributed by atoms with E-state index in [0.29, 0.717) is 0 Å². The number of hydrogen-bond donors (Lipinski definition) is 0. The lowest BCUT2D eigenvalue weighted by Crippen LogP contribution is -2.26. The minimum Gasteiger partial charge on any atom is -0.309 e. The maximum Gasteiger partial charge on any atom is 0.0582 e. The maximum atomic E-state index is 2.54. The van der Waals surface area contributed by atoms with Crippen molar-refractivity contribution in [3.63, 3.8) is 0 Å². The molecule has 0 aliphatic carbocycles. The minimum atomic E-state index is -0.217. The second-order valence-corrected chi connectivity index (χ2v) is 15.3. The first kappa shape index (κ1) is 30.9. The topological polar surface area (TPSA) is 4.93 Å². The molecule has 2 heterocycles. The van der Waals surface area contributed by atoms with Crippen molar-refractivity contribution in [3.8, 4) is 50.2 Å². The normalized spacial score (nSPS) is 13.1. The Hall–Kier alpha value is -6.70. The number of rotatable bonds is 4. The van der Waals surface area contributed by atoms with E-state index < -0.39 is 0 Å². The Labute approximate surface area is 315 Å². The van der Waals surface area contributed by atoms with Gasteiger partial charge in [-0.05, 0) is 108 Å². The molecule has 1 aromatic heterocycles. The van der Waals surface area contributed by atoms with Crippen LogP contribution in [0.2, 0.25) is 0 Å². The van der Waals surface area contributed by atoms with Crippen molar-refractivity contribution in [3.05, 3.63) is 199 Å². The number of fused-ring (bicyclic) bond motifs is 7. The molecule has 0 bridgehead atoms. The number of para-hydroxylation sites is 1. The van der Waals surface area contributed by atoms with Gasteiger partial charge in [0.15, 0.2) is 0 Å². The third-order valence-corrected chi connectivity index (χ3v) is 12.0. The molecule has 0 spiro atoms. The van der Waals surface area contributed by atoms with Gasteiger partial charge < -0.3 is 4.57 Å². The fourth-order valence-corrected chi connectivity index (χ4v) is 9.40. The van der Waals surface area contributed by atoms with Gasteiger partial charge in [0.05, 0.1) is 16.7 Å². The molecule has 10 aromatic rings. The first-order chi connectivity index (χ1) is 26.6. The highest BCUT2D eigenvalue weighted by Crippen LogP contribution is 2.51. The summed E-state index contributed by atoms with van der Waals surface area (Å²) in [4.78, 5) is 0. The zero-order chi connectivity index (χ0) is 36.0. The smallest absolute Gasteiger partial charge is 0.0582 e. The molecule has 9 aromatic carbocycles. The Morgan fingerprint density at radius 2 is 0.907 bits per heavy atom. The van der Waals surface area contributed by atoms with E-state index in [0.717, 1.165) is 0 Å². The van der Waals surface area contributed by atoms with Gasteiger partial charge in [0.1, 0.15) is 0 Å². The van der Waals surface area contributed by atoms with Gasteiger partial charge in [-0.3, -0.25) is 0 Å². The summed E-state index contributed by atoms with van der Waals surface area (Å²) in [5, 5.41) is 7.59. The second kappa shape index (κ2) is 11.7. The van der Waals surface area contributed by atoms with Crippen LogP contribution < -0.4 is 0 Å². The molecule has 0 N–H and O–H groups in total. The lowest BCUT2D eigenvalue weighted by atomic mass is 9.73. The van der Waals surface area contributed by atoms with Crippen molar-refractivity contribution in [1.29, 1.82) is 0 Å². The number of nitrogens with zero attached hydrogens (tertiary/aromatic N) is 1. The lowest BCUT2D eigenvalue weighted by Gasteiger charge is -2.35. The third kappa shape index (κ3) is 4.45. The molecule has 0 atom stereocenters. The zero-order valence-electron chi connectivity index (χ0n) is 30.3. The largest absolute Gasteiger partial charge is 0.309 e. The van der Waals surface area contributed by atoms with Crippen molar-refractivity contribution in [2.24, 2.45) is 0 Å². The van der Waals surface area contributed by atoms with Crippen LogP contribution in [-0.2, 0) is 5.41 Å². The van der Waals surface area contributed by atoms with E-state index in [-0.39, 0.29) is 5.41 Å².